The van der Waals surface area contributed by atoms with Crippen molar-refractivity contribution in [2.45, 2.75) is 51.4 Å². The van der Waals surface area contributed by atoms with E-state index in [0.29, 0.717) is 28.8 Å². The smallest absolute Gasteiger partial charge is 0.306 e. The molecule has 1 amide bonds. The van der Waals surface area contributed by atoms with Gasteiger partial charge in [-0.2, -0.15) is 5.26 Å². The Balaban J connectivity index is 1.27. The predicted octanol–water partition coefficient (Wildman–Crippen LogP) is 3.42. The first-order valence-corrected chi connectivity index (χ1v) is 9.95. The highest BCUT2D eigenvalue weighted by atomic mass is 32.1. The summed E-state index contributed by atoms with van der Waals surface area (Å²) in [5.74, 6) is 1.29. The van der Waals surface area contributed by atoms with Crippen LogP contribution in [0.4, 0.5) is 5.00 Å². The number of carbonyl (C=O) groups excluding carboxylic acids is 2. The molecule has 1 heterocycles. The average molecular weight is 358 g/mol. The van der Waals surface area contributed by atoms with E-state index in [1.54, 1.807) is 0 Å². The zero-order valence-electron chi connectivity index (χ0n) is 14.2. The summed E-state index contributed by atoms with van der Waals surface area (Å²) in [6.07, 6.45) is 8.34. The third-order valence-electron chi connectivity index (χ3n) is 5.96. The molecule has 1 N–H and O–H groups in total. The molecule has 3 aliphatic rings. The Labute approximate surface area is 151 Å². The molecule has 2 fully saturated rings. The number of fused-ring (bicyclic) bond motifs is 3. The summed E-state index contributed by atoms with van der Waals surface area (Å²) in [4.78, 5) is 25.3. The lowest BCUT2D eigenvalue weighted by Crippen LogP contribution is -2.23. The van der Waals surface area contributed by atoms with Gasteiger partial charge in [0.25, 0.3) is 5.91 Å². The number of anilines is 1. The Kier molecular flexibility index (Phi) is 4.51. The lowest BCUT2D eigenvalue weighted by atomic mass is 9.86. The molecule has 6 heteroatoms. The maximum atomic E-state index is 12.1. The van der Waals surface area contributed by atoms with Crippen molar-refractivity contribution in [2.24, 2.45) is 17.8 Å². The molecule has 2 bridgehead atoms. The van der Waals surface area contributed by atoms with Gasteiger partial charge in [-0.1, -0.05) is 6.42 Å². The van der Waals surface area contributed by atoms with Crippen LogP contribution in [0.5, 0.6) is 0 Å². The molecule has 0 saturated heterocycles. The fraction of sp³-hybridized carbons (Fsp3) is 0.632. The first-order valence-electron chi connectivity index (χ1n) is 9.14. The molecule has 0 radical (unpaired) electrons. The van der Waals surface area contributed by atoms with Crippen LogP contribution in [0.3, 0.4) is 0 Å². The predicted molar refractivity (Wildman–Crippen MR) is 94.2 cm³/mol. The molecule has 3 aliphatic carbocycles. The fourth-order valence-electron chi connectivity index (χ4n) is 4.82. The van der Waals surface area contributed by atoms with Gasteiger partial charge in [-0.05, 0) is 61.8 Å². The van der Waals surface area contributed by atoms with Crippen molar-refractivity contribution in [1.29, 1.82) is 5.26 Å². The first kappa shape index (κ1) is 16.6. The Morgan fingerprint density at radius 1 is 1.28 bits per heavy atom. The van der Waals surface area contributed by atoms with Crippen molar-refractivity contribution in [1.82, 2.24) is 0 Å². The van der Waals surface area contributed by atoms with Gasteiger partial charge in [0.15, 0.2) is 6.61 Å². The average Bonchev–Trinajstić information content (AvgIpc) is 3.33. The van der Waals surface area contributed by atoms with Gasteiger partial charge in [-0.15, -0.1) is 11.3 Å². The van der Waals surface area contributed by atoms with Gasteiger partial charge in [0.2, 0.25) is 0 Å². The molecule has 0 unspecified atom stereocenters. The molecule has 0 aliphatic heterocycles. The van der Waals surface area contributed by atoms with Crippen LogP contribution in [-0.4, -0.2) is 18.5 Å². The summed E-state index contributed by atoms with van der Waals surface area (Å²) in [6.45, 7) is -0.271. The van der Waals surface area contributed by atoms with E-state index < -0.39 is 0 Å². The standard InChI is InChI=1S/C19H22N2O3S/c20-9-15-14-2-1-3-16(14)25-19(15)21-17(22)10-24-18(23)8-13-7-11-4-5-12(13)6-11/h11-13H,1-8,10H2,(H,21,22)/t11-,12+,13-/m0/s1. The first-order chi connectivity index (χ1) is 12.1. The number of nitrogens with zero attached hydrogens (tertiary/aromatic N) is 1. The number of hydrogen-bond donors (Lipinski definition) is 1. The van der Waals surface area contributed by atoms with Crippen molar-refractivity contribution in [2.75, 3.05) is 11.9 Å². The second kappa shape index (κ2) is 6.80. The second-order valence-corrected chi connectivity index (χ2v) is 8.63. The number of esters is 1. The van der Waals surface area contributed by atoms with E-state index in [-0.39, 0.29) is 18.5 Å². The normalized spacial score (nSPS) is 26.3. The van der Waals surface area contributed by atoms with Crippen molar-refractivity contribution in [3.05, 3.63) is 16.0 Å². The highest BCUT2D eigenvalue weighted by Gasteiger charge is 2.40. The topological polar surface area (TPSA) is 79.2 Å². The van der Waals surface area contributed by atoms with Crippen molar-refractivity contribution >= 4 is 28.2 Å². The molecule has 5 nitrogen and oxygen atoms in total. The zero-order valence-corrected chi connectivity index (χ0v) is 15.0. The lowest BCUT2D eigenvalue weighted by Gasteiger charge is -2.20. The highest BCUT2D eigenvalue weighted by molar-refractivity contribution is 7.16. The van der Waals surface area contributed by atoms with E-state index in [9.17, 15) is 14.9 Å². The summed E-state index contributed by atoms with van der Waals surface area (Å²) < 4.78 is 5.17. The van der Waals surface area contributed by atoms with E-state index >= 15 is 0 Å². The molecular weight excluding hydrogens is 336 g/mol. The van der Waals surface area contributed by atoms with Gasteiger partial charge in [0.05, 0.1) is 5.56 Å². The number of carbonyl (C=O) groups is 2. The number of amides is 1. The second-order valence-electron chi connectivity index (χ2n) is 7.52. The van der Waals surface area contributed by atoms with Crippen LogP contribution in [0.25, 0.3) is 0 Å². The SMILES string of the molecule is N#Cc1c(NC(=O)COC(=O)C[C@@H]2C[C@H]3CC[C@@H]2C3)sc2c1CCC2. The van der Waals surface area contributed by atoms with Gasteiger partial charge in [-0.25, -0.2) is 0 Å². The van der Waals surface area contributed by atoms with E-state index in [0.717, 1.165) is 37.2 Å². The number of aryl methyl sites for hydroxylation is 1. The number of rotatable bonds is 5. The zero-order chi connectivity index (χ0) is 17.4. The quantitative estimate of drug-likeness (QED) is 0.818. The minimum Gasteiger partial charge on any atom is -0.456 e. The minimum absolute atomic E-state index is 0.271. The van der Waals surface area contributed by atoms with Gasteiger partial charge >= 0.3 is 5.97 Å². The largest absolute Gasteiger partial charge is 0.456 e. The molecule has 1 aromatic rings. The van der Waals surface area contributed by atoms with Crippen molar-refractivity contribution < 1.29 is 14.3 Å². The van der Waals surface area contributed by atoms with Crippen LogP contribution in [0, 0.1) is 29.1 Å². The van der Waals surface area contributed by atoms with E-state index in [1.807, 2.05) is 0 Å². The summed E-state index contributed by atoms with van der Waals surface area (Å²) in [6, 6.07) is 2.20. The summed E-state index contributed by atoms with van der Waals surface area (Å²) in [7, 11) is 0. The highest BCUT2D eigenvalue weighted by Crippen LogP contribution is 2.49. The maximum absolute atomic E-state index is 12.1. The third kappa shape index (κ3) is 3.30. The molecular formula is C19H22N2O3S. The molecule has 4 rings (SSSR count). The summed E-state index contributed by atoms with van der Waals surface area (Å²) in [5, 5.41) is 12.7. The van der Waals surface area contributed by atoms with E-state index in [1.165, 1.54) is 35.5 Å². The monoisotopic (exact) mass is 358 g/mol. The minimum atomic E-state index is -0.363. The van der Waals surface area contributed by atoms with Crippen molar-refractivity contribution in [3.63, 3.8) is 0 Å². The molecule has 1 aromatic heterocycles. The summed E-state index contributed by atoms with van der Waals surface area (Å²) >= 11 is 1.48. The van der Waals surface area contributed by atoms with Crippen LogP contribution >= 0.6 is 11.3 Å². The molecule has 3 atom stereocenters. The molecule has 0 spiro atoms. The number of ether oxygens (including phenoxy) is 1. The van der Waals surface area contributed by atoms with Crippen LogP contribution in [-0.2, 0) is 27.2 Å². The number of nitrogens with one attached hydrogen (secondary N) is 1. The number of nitriles is 1. The Morgan fingerprint density at radius 3 is 2.88 bits per heavy atom. The van der Waals surface area contributed by atoms with E-state index in [4.69, 9.17) is 4.74 Å². The van der Waals surface area contributed by atoms with Gasteiger partial charge in [-0.3, -0.25) is 9.59 Å². The van der Waals surface area contributed by atoms with Gasteiger partial charge < -0.3 is 10.1 Å². The molecule has 25 heavy (non-hydrogen) atoms. The van der Waals surface area contributed by atoms with Crippen LogP contribution < -0.4 is 5.32 Å². The van der Waals surface area contributed by atoms with Crippen LogP contribution in [0.2, 0.25) is 0 Å². The number of thiophene rings is 1. The van der Waals surface area contributed by atoms with Crippen LogP contribution in [0.15, 0.2) is 0 Å². The van der Waals surface area contributed by atoms with Crippen molar-refractivity contribution in [3.8, 4) is 6.07 Å². The number of hydrogen-bond acceptors (Lipinski definition) is 5. The summed E-state index contributed by atoms with van der Waals surface area (Å²) in [5.41, 5.74) is 1.66. The Bertz CT molecular complexity index is 749. The maximum Gasteiger partial charge on any atom is 0.306 e. The van der Waals surface area contributed by atoms with E-state index in [2.05, 4.69) is 11.4 Å². The van der Waals surface area contributed by atoms with Gasteiger partial charge in [0.1, 0.15) is 11.1 Å². The third-order valence-corrected chi connectivity index (χ3v) is 7.17. The molecule has 132 valence electrons. The Hall–Kier alpha value is -1.87. The molecule has 2 saturated carbocycles. The Morgan fingerprint density at radius 2 is 2.16 bits per heavy atom. The van der Waals surface area contributed by atoms with Crippen LogP contribution in [0.1, 0.15) is 54.5 Å². The molecule has 0 aromatic carbocycles. The fourth-order valence-corrected chi connectivity index (χ4v) is 6.07. The van der Waals surface area contributed by atoms with Gasteiger partial charge in [0, 0.05) is 11.3 Å². The lowest BCUT2D eigenvalue weighted by molar-refractivity contribution is -0.148.